The number of ether oxygens (including phenoxy) is 1. The average molecular weight is 411 g/mol. The highest BCUT2D eigenvalue weighted by atomic mass is 19.1. The van der Waals surface area contributed by atoms with Gasteiger partial charge in [-0.15, -0.1) is 0 Å². The maximum Gasteiger partial charge on any atom is 0.407 e. The van der Waals surface area contributed by atoms with Crippen LogP contribution in [-0.2, 0) is 9.53 Å². The first-order valence-electron chi connectivity index (χ1n) is 10.1. The molecule has 0 bridgehead atoms. The minimum absolute atomic E-state index is 0.139. The Labute approximate surface area is 174 Å². The van der Waals surface area contributed by atoms with Crippen molar-refractivity contribution < 1.29 is 23.3 Å². The maximum absolute atomic E-state index is 13.3. The number of hydrogen-bond acceptors (Lipinski definition) is 4. The van der Waals surface area contributed by atoms with Crippen LogP contribution < -0.4 is 5.32 Å². The Hall–Kier alpha value is -3.29. The Morgan fingerprint density at radius 3 is 2.63 bits per heavy atom. The van der Waals surface area contributed by atoms with Gasteiger partial charge in [-0.3, -0.25) is 4.79 Å². The number of halogens is 1. The van der Waals surface area contributed by atoms with Gasteiger partial charge in [-0.05, 0) is 49.2 Å². The van der Waals surface area contributed by atoms with Gasteiger partial charge in [0, 0.05) is 43.6 Å². The lowest BCUT2D eigenvalue weighted by molar-refractivity contribution is -0.315. The molecule has 8 heteroatoms. The number of hydrogen-bond donors (Lipinski definition) is 1. The molecule has 0 saturated carbocycles. The number of fused-ring (bicyclic) bond motifs is 1. The van der Waals surface area contributed by atoms with E-state index in [-0.39, 0.29) is 17.8 Å². The van der Waals surface area contributed by atoms with Crippen molar-refractivity contribution in [3.8, 4) is 0 Å². The molecule has 4 rings (SSSR count). The molecule has 1 aromatic carbocycles. The van der Waals surface area contributed by atoms with E-state index >= 15 is 0 Å². The first-order chi connectivity index (χ1) is 14.5. The van der Waals surface area contributed by atoms with Crippen LogP contribution in [0.2, 0.25) is 0 Å². The summed E-state index contributed by atoms with van der Waals surface area (Å²) in [6.45, 7) is 5.31. The van der Waals surface area contributed by atoms with E-state index < -0.39 is 6.09 Å². The van der Waals surface area contributed by atoms with Crippen molar-refractivity contribution in [1.29, 1.82) is 0 Å². The molecule has 0 aliphatic carbocycles. The van der Waals surface area contributed by atoms with E-state index in [1.54, 1.807) is 23.2 Å². The number of amides is 2. The largest absolute Gasteiger partial charge is 0.446 e. The second-order valence-corrected chi connectivity index (χ2v) is 7.47. The van der Waals surface area contributed by atoms with Gasteiger partial charge in [0.05, 0.1) is 0 Å². The van der Waals surface area contributed by atoms with Crippen molar-refractivity contribution >= 4 is 23.5 Å². The maximum atomic E-state index is 13.3. The summed E-state index contributed by atoms with van der Waals surface area (Å²) < 4.78 is 20.5. The van der Waals surface area contributed by atoms with Crippen LogP contribution in [0.4, 0.5) is 9.18 Å². The van der Waals surface area contributed by atoms with E-state index in [2.05, 4.69) is 10.3 Å². The molecule has 1 saturated heterocycles. The Morgan fingerprint density at radius 2 is 1.97 bits per heavy atom. The number of allylic oxidation sites excluding steroid dienone is 1. The van der Waals surface area contributed by atoms with E-state index in [0.29, 0.717) is 44.0 Å². The van der Waals surface area contributed by atoms with E-state index in [1.807, 2.05) is 24.5 Å². The molecule has 30 heavy (non-hydrogen) atoms. The standard InChI is InChI=1S/C22H23FN4O3/c1-3-24-22(29)30-17-8-10-26(11-9-17)21(28)18-13-27-19(12-14(2)20(27)25-18)15-4-6-16(23)7-5-15/h4-7,12-13,17H,3,8-11H2,1-2H3/p+1. The first-order valence-corrected chi connectivity index (χ1v) is 10.1. The van der Waals surface area contributed by atoms with Crippen molar-refractivity contribution in [2.75, 3.05) is 19.6 Å². The predicted molar refractivity (Wildman–Crippen MR) is 110 cm³/mol. The molecule has 0 aromatic heterocycles. The van der Waals surface area contributed by atoms with Gasteiger partial charge in [-0.25, -0.2) is 9.18 Å². The first kappa shape index (κ1) is 20.0. The summed E-state index contributed by atoms with van der Waals surface area (Å²) in [6, 6.07) is 6.26. The number of alkyl carbamates (subject to hydrolysis) is 1. The van der Waals surface area contributed by atoms with Gasteiger partial charge in [0.25, 0.3) is 5.70 Å². The molecular formula is C22H24FN4O3+. The number of aliphatic imine (C=N–C) groups is 1. The molecule has 1 aromatic rings. The number of nitrogens with one attached hydrogen (secondary N) is 1. The normalized spacial score (nSPS) is 18.6. The molecule has 2 amide bonds. The zero-order chi connectivity index (χ0) is 21.3. The summed E-state index contributed by atoms with van der Waals surface area (Å²) in [6.07, 6.45) is 4.31. The van der Waals surface area contributed by atoms with Crippen molar-refractivity contribution in [1.82, 2.24) is 10.2 Å². The van der Waals surface area contributed by atoms with Crippen LogP contribution in [0, 0.1) is 5.82 Å². The average Bonchev–Trinajstić information content (AvgIpc) is 3.30. The number of likely N-dealkylation sites (tertiary alicyclic amines) is 1. The third-order valence-corrected chi connectivity index (χ3v) is 5.35. The SMILES string of the molecule is CCNC(=O)OC1CCN(C(=O)C2=C[N+]3=C(c4ccc(F)cc4)C=C(C)C3=N2)CC1. The topological polar surface area (TPSA) is 74.0 Å². The predicted octanol–water partition coefficient (Wildman–Crippen LogP) is 2.58. The fourth-order valence-corrected chi connectivity index (χ4v) is 3.80. The number of carbonyl (C=O) groups excluding carboxylic acids is 2. The number of benzene rings is 1. The van der Waals surface area contributed by atoms with Crippen molar-refractivity contribution in [3.05, 3.63) is 59.2 Å². The van der Waals surface area contributed by atoms with E-state index in [9.17, 15) is 14.0 Å². The molecule has 3 aliphatic rings. The number of nitrogens with zero attached hydrogens (tertiary/aromatic N) is 3. The van der Waals surface area contributed by atoms with Gasteiger partial charge in [-0.1, -0.05) is 0 Å². The molecule has 3 aliphatic heterocycles. The van der Waals surface area contributed by atoms with E-state index in [4.69, 9.17) is 4.74 Å². The lowest BCUT2D eigenvalue weighted by atomic mass is 10.1. The van der Waals surface area contributed by atoms with Crippen LogP contribution >= 0.6 is 0 Å². The molecule has 0 atom stereocenters. The number of amidine groups is 1. The zero-order valence-electron chi connectivity index (χ0n) is 17.0. The summed E-state index contributed by atoms with van der Waals surface area (Å²) >= 11 is 0. The highest BCUT2D eigenvalue weighted by Crippen LogP contribution is 2.24. The third kappa shape index (κ3) is 3.90. The number of rotatable bonds is 4. The van der Waals surface area contributed by atoms with Crippen LogP contribution in [-0.4, -0.2) is 58.8 Å². The lowest BCUT2D eigenvalue weighted by Crippen LogP contribution is -2.42. The van der Waals surface area contributed by atoms with Crippen LogP contribution in [0.25, 0.3) is 0 Å². The monoisotopic (exact) mass is 411 g/mol. The van der Waals surface area contributed by atoms with E-state index in [0.717, 1.165) is 16.8 Å². The van der Waals surface area contributed by atoms with Crippen LogP contribution in [0.3, 0.4) is 0 Å². The quantitative estimate of drug-likeness (QED) is 0.774. The molecular weight excluding hydrogens is 387 g/mol. The molecule has 1 fully saturated rings. The van der Waals surface area contributed by atoms with Crippen LogP contribution in [0.1, 0.15) is 32.3 Å². The van der Waals surface area contributed by atoms with Crippen LogP contribution in [0.5, 0.6) is 0 Å². The van der Waals surface area contributed by atoms with E-state index in [1.165, 1.54) is 12.1 Å². The molecule has 3 heterocycles. The summed E-state index contributed by atoms with van der Waals surface area (Å²) in [7, 11) is 0. The minimum Gasteiger partial charge on any atom is -0.446 e. The molecule has 0 unspecified atom stereocenters. The highest BCUT2D eigenvalue weighted by Gasteiger charge is 2.38. The van der Waals surface area contributed by atoms with Gasteiger partial charge in [0.15, 0.2) is 6.20 Å². The fraction of sp³-hybridized carbons (Fsp3) is 0.364. The zero-order valence-corrected chi connectivity index (χ0v) is 17.0. The lowest BCUT2D eigenvalue weighted by Gasteiger charge is -2.30. The number of carbonyl (C=O) groups is 2. The van der Waals surface area contributed by atoms with Gasteiger partial charge in [-0.2, -0.15) is 4.58 Å². The van der Waals surface area contributed by atoms with Gasteiger partial charge in [0.2, 0.25) is 0 Å². The van der Waals surface area contributed by atoms with Gasteiger partial charge < -0.3 is 15.0 Å². The van der Waals surface area contributed by atoms with Crippen molar-refractivity contribution in [3.63, 3.8) is 0 Å². The minimum atomic E-state index is -0.418. The molecule has 0 spiro atoms. The van der Waals surface area contributed by atoms with Gasteiger partial charge >= 0.3 is 17.8 Å². The van der Waals surface area contributed by atoms with Crippen LogP contribution in [0.15, 0.2) is 52.8 Å². The molecule has 1 N–H and O–H groups in total. The second-order valence-electron chi connectivity index (χ2n) is 7.47. The molecule has 7 nitrogen and oxygen atoms in total. The Morgan fingerprint density at radius 1 is 1.27 bits per heavy atom. The fourth-order valence-electron chi connectivity index (χ4n) is 3.80. The Bertz CT molecular complexity index is 1000. The van der Waals surface area contributed by atoms with Crippen molar-refractivity contribution in [2.45, 2.75) is 32.8 Å². The highest BCUT2D eigenvalue weighted by molar-refractivity contribution is 6.18. The third-order valence-electron chi connectivity index (χ3n) is 5.35. The smallest absolute Gasteiger partial charge is 0.407 e. The second kappa shape index (κ2) is 8.22. The van der Waals surface area contributed by atoms with Crippen molar-refractivity contribution in [2.24, 2.45) is 4.99 Å². The summed E-state index contributed by atoms with van der Waals surface area (Å²) in [5.74, 6) is 0.283. The number of piperidine rings is 1. The van der Waals surface area contributed by atoms with Gasteiger partial charge in [0.1, 0.15) is 17.6 Å². The Kier molecular flexibility index (Phi) is 5.48. The molecule has 0 radical (unpaired) electrons. The summed E-state index contributed by atoms with van der Waals surface area (Å²) in [5.41, 5.74) is 3.04. The summed E-state index contributed by atoms with van der Waals surface area (Å²) in [4.78, 5) is 30.8. The molecule has 156 valence electrons. The Balaban J connectivity index is 1.46. The summed E-state index contributed by atoms with van der Waals surface area (Å²) in [5, 5.41) is 2.62.